The Bertz CT molecular complexity index is 2660. The molecular formula is C48H44N2. The lowest BCUT2D eigenvalue weighted by molar-refractivity contribution is 0.395. The number of benzene rings is 5. The van der Waals surface area contributed by atoms with Crippen LogP contribution in [0.25, 0.3) is 71.3 Å². The molecule has 5 aromatic carbocycles. The van der Waals surface area contributed by atoms with Crippen LogP contribution in [0.1, 0.15) is 94.1 Å². The fourth-order valence-electron chi connectivity index (χ4n) is 10.6. The number of allylic oxidation sites excluding steroid dienone is 4. The average molecular weight is 649 g/mol. The Morgan fingerprint density at radius 3 is 1.78 bits per heavy atom. The highest BCUT2D eigenvalue weighted by Gasteiger charge is 2.26. The van der Waals surface area contributed by atoms with Crippen molar-refractivity contribution in [3.63, 3.8) is 0 Å². The van der Waals surface area contributed by atoms with E-state index in [-0.39, 0.29) is 0 Å². The van der Waals surface area contributed by atoms with Crippen LogP contribution in [0.5, 0.6) is 0 Å². The van der Waals surface area contributed by atoms with Crippen molar-refractivity contribution in [3.05, 3.63) is 126 Å². The number of aromatic nitrogens is 2. The topological polar surface area (TPSA) is 8.82 Å². The summed E-state index contributed by atoms with van der Waals surface area (Å²) in [6.07, 6.45) is 21.2. The Labute approximate surface area is 294 Å². The molecule has 2 heteroatoms. The molecule has 0 saturated heterocycles. The van der Waals surface area contributed by atoms with Gasteiger partial charge >= 0.3 is 0 Å². The first kappa shape index (κ1) is 29.0. The van der Waals surface area contributed by atoms with E-state index in [0.717, 1.165) is 12.3 Å². The van der Waals surface area contributed by atoms with Gasteiger partial charge in [-0.25, -0.2) is 0 Å². The Balaban J connectivity index is 1.20. The summed E-state index contributed by atoms with van der Waals surface area (Å²) in [5, 5.41) is 5.46. The molecule has 3 heterocycles. The minimum Gasteiger partial charge on any atom is -0.305 e. The van der Waals surface area contributed by atoms with Crippen LogP contribution in [0.3, 0.4) is 0 Å². The minimum atomic E-state index is 0.687. The highest BCUT2D eigenvalue weighted by atomic mass is 15.0. The zero-order valence-electron chi connectivity index (χ0n) is 28.9. The maximum atomic E-state index is 2.60. The molecule has 0 bridgehead atoms. The largest absolute Gasteiger partial charge is 0.305 e. The van der Waals surface area contributed by atoms with Crippen molar-refractivity contribution in [2.24, 2.45) is 5.92 Å². The molecule has 3 aliphatic carbocycles. The normalized spacial score (nSPS) is 18.3. The smallest absolute Gasteiger partial charge is 0.0789 e. The summed E-state index contributed by atoms with van der Waals surface area (Å²) >= 11 is 0. The second kappa shape index (κ2) is 11.4. The van der Waals surface area contributed by atoms with E-state index in [0.29, 0.717) is 5.92 Å². The van der Waals surface area contributed by atoms with Gasteiger partial charge < -0.3 is 8.80 Å². The zero-order chi connectivity index (χ0) is 32.8. The molecule has 2 nitrogen and oxygen atoms in total. The quantitative estimate of drug-likeness (QED) is 0.168. The SMILES string of the molecule is C1=C(c2ccc3c4c2c2ccccc2n4c2ccc(-c4cccc(C5CCCCC5)c4)c4c5ccccc5n3c42)C=C(C2CCCCC2)CC1. The summed E-state index contributed by atoms with van der Waals surface area (Å²) in [5.74, 6) is 1.46. The third kappa shape index (κ3) is 4.20. The molecule has 50 heavy (non-hydrogen) atoms. The van der Waals surface area contributed by atoms with Crippen LogP contribution in [0.4, 0.5) is 0 Å². The summed E-state index contributed by atoms with van der Waals surface area (Å²) in [7, 11) is 0. The zero-order valence-corrected chi connectivity index (χ0v) is 28.9. The van der Waals surface area contributed by atoms with Crippen molar-refractivity contribution in [1.82, 2.24) is 8.80 Å². The first-order valence-corrected chi connectivity index (χ1v) is 19.5. The van der Waals surface area contributed by atoms with E-state index in [1.54, 1.807) is 5.57 Å². The van der Waals surface area contributed by atoms with Gasteiger partial charge in [-0.3, -0.25) is 0 Å². The number of nitrogens with zero attached hydrogens (tertiary/aromatic N) is 2. The van der Waals surface area contributed by atoms with Crippen molar-refractivity contribution in [2.75, 3.05) is 0 Å². The van der Waals surface area contributed by atoms with E-state index in [2.05, 4.69) is 118 Å². The Hall–Kier alpha value is -4.82. The second-order valence-corrected chi connectivity index (χ2v) is 15.6. The monoisotopic (exact) mass is 648 g/mol. The summed E-state index contributed by atoms with van der Waals surface area (Å²) in [4.78, 5) is 0. The minimum absolute atomic E-state index is 0.687. The van der Waals surface area contributed by atoms with E-state index < -0.39 is 0 Å². The van der Waals surface area contributed by atoms with E-state index in [4.69, 9.17) is 0 Å². The molecule has 246 valence electrons. The van der Waals surface area contributed by atoms with Crippen LogP contribution >= 0.6 is 0 Å². The number of hydrogen-bond donors (Lipinski definition) is 0. The second-order valence-electron chi connectivity index (χ2n) is 15.6. The molecule has 0 amide bonds. The Kier molecular flexibility index (Phi) is 6.58. The predicted octanol–water partition coefficient (Wildman–Crippen LogP) is 13.6. The maximum absolute atomic E-state index is 2.60. The summed E-state index contributed by atoms with van der Waals surface area (Å²) < 4.78 is 5.19. The summed E-state index contributed by atoms with van der Waals surface area (Å²) in [6, 6.07) is 37.5. The lowest BCUT2D eigenvalue weighted by Crippen LogP contribution is -2.11. The highest BCUT2D eigenvalue weighted by molar-refractivity contribution is 6.26. The van der Waals surface area contributed by atoms with Gasteiger partial charge in [-0.2, -0.15) is 0 Å². The lowest BCUT2D eigenvalue weighted by atomic mass is 9.79. The van der Waals surface area contributed by atoms with Crippen LogP contribution in [-0.4, -0.2) is 8.80 Å². The molecule has 2 fully saturated rings. The van der Waals surface area contributed by atoms with E-state index in [9.17, 15) is 0 Å². The Morgan fingerprint density at radius 1 is 0.500 bits per heavy atom. The van der Waals surface area contributed by atoms with E-state index >= 15 is 0 Å². The predicted molar refractivity (Wildman–Crippen MR) is 213 cm³/mol. The van der Waals surface area contributed by atoms with Gasteiger partial charge in [-0.1, -0.05) is 129 Å². The van der Waals surface area contributed by atoms with Crippen LogP contribution < -0.4 is 0 Å². The van der Waals surface area contributed by atoms with E-state index in [1.165, 1.54) is 153 Å². The highest BCUT2D eigenvalue weighted by Crippen LogP contribution is 2.47. The first-order chi connectivity index (χ1) is 24.8. The molecule has 3 aromatic heterocycles. The number of rotatable bonds is 4. The van der Waals surface area contributed by atoms with Crippen LogP contribution in [0.15, 0.2) is 115 Å². The summed E-state index contributed by atoms with van der Waals surface area (Å²) in [5.41, 5.74) is 16.5. The third-order valence-electron chi connectivity index (χ3n) is 12.9. The molecule has 0 unspecified atom stereocenters. The summed E-state index contributed by atoms with van der Waals surface area (Å²) in [6.45, 7) is 0. The first-order valence-electron chi connectivity index (χ1n) is 19.5. The molecule has 0 N–H and O–H groups in total. The molecule has 0 aliphatic heterocycles. The molecule has 8 aromatic rings. The third-order valence-corrected chi connectivity index (χ3v) is 12.9. The molecular weight excluding hydrogens is 605 g/mol. The maximum Gasteiger partial charge on any atom is 0.0789 e. The van der Waals surface area contributed by atoms with E-state index in [1.807, 2.05) is 0 Å². The number of para-hydroxylation sites is 2. The van der Waals surface area contributed by atoms with Crippen molar-refractivity contribution >= 4 is 60.2 Å². The van der Waals surface area contributed by atoms with Gasteiger partial charge in [-0.15, -0.1) is 0 Å². The van der Waals surface area contributed by atoms with Crippen molar-refractivity contribution < 1.29 is 0 Å². The van der Waals surface area contributed by atoms with Crippen LogP contribution in [-0.2, 0) is 0 Å². The van der Waals surface area contributed by atoms with Gasteiger partial charge in [0, 0.05) is 21.5 Å². The van der Waals surface area contributed by atoms with Crippen molar-refractivity contribution in [1.29, 1.82) is 0 Å². The average Bonchev–Trinajstić information content (AvgIpc) is 3.73. The van der Waals surface area contributed by atoms with Gasteiger partial charge in [0.15, 0.2) is 0 Å². The van der Waals surface area contributed by atoms with Crippen molar-refractivity contribution in [2.45, 2.75) is 83.0 Å². The van der Waals surface area contributed by atoms with Gasteiger partial charge in [0.05, 0.1) is 33.1 Å². The molecule has 11 rings (SSSR count). The molecule has 3 aliphatic rings. The molecule has 0 radical (unpaired) electrons. The number of hydrogen-bond acceptors (Lipinski definition) is 0. The fourth-order valence-corrected chi connectivity index (χ4v) is 10.6. The van der Waals surface area contributed by atoms with Gasteiger partial charge in [0.25, 0.3) is 0 Å². The molecule has 2 saturated carbocycles. The van der Waals surface area contributed by atoms with Crippen LogP contribution in [0.2, 0.25) is 0 Å². The van der Waals surface area contributed by atoms with Crippen molar-refractivity contribution in [3.8, 4) is 11.1 Å². The molecule has 0 atom stereocenters. The fraction of sp³-hybridized carbons (Fsp3) is 0.292. The molecule has 0 spiro atoms. The van der Waals surface area contributed by atoms with Crippen LogP contribution in [0, 0.1) is 5.92 Å². The van der Waals surface area contributed by atoms with Gasteiger partial charge in [0.1, 0.15) is 0 Å². The van der Waals surface area contributed by atoms with Gasteiger partial charge in [-0.05, 0) is 102 Å². The number of fused-ring (bicyclic) bond motifs is 8. The standard InChI is InChI=1S/C48H44N2/c1-3-13-31(14-4-1)33-17-11-19-35(29-33)37-25-27-43-47-45(37)39-21-7-9-23-41(39)49(47)44-28-26-38(46-40-22-8-10-24-42(40)50(43)48(44)46)36-20-12-18-34(30-36)32-15-5-2-6-16-32/h7-11,17,19-32H,1-6,12-16,18H2. The van der Waals surface area contributed by atoms with Gasteiger partial charge in [0.2, 0.25) is 0 Å². The Morgan fingerprint density at radius 2 is 1.10 bits per heavy atom. The lowest BCUT2D eigenvalue weighted by Gasteiger charge is -2.27.